The molecule has 0 bridgehead atoms. The fraction of sp³-hybridized carbons (Fsp3) is 0.235. The Hall–Kier alpha value is -1.82. The molecule has 114 valence electrons. The standard InChI is InChI=1S/C17H18N2O2S/c1-22-17(16(20)21)18-14(12-8-4-2-5-9-12)15(19-17)13-10-6-3-7-11-13/h2-11,14-15,18-19H,1H3,(H,20,21). The maximum absolute atomic E-state index is 11.8. The van der Waals surface area contributed by atoms with Gasteiger partial charge in [-0.1, -0.05) is 60.7 Å². The lowest BCUT2D eigenvalue weighted by Crippen LogP contribution is -2.53. The van der Waals surface area contributed by atoms with Crippen molar-refractivity contribution in [2.75, 3.05) is 6.26 Å². The van der Waals surface area contributed by atoms with E-state index in [1.54, 1.807) is 6.26 Å². The fourth-order valence-electron chi connectivity index (χ4n) is 2.85. The van der Waals surface area contributed by atoms with Gasteiger partial charge in [-0.25, -0.2) is 4.79 Å². The average Bonchev–Trinajstić information content (AvgIpc) is 2.98. The van der Waals surface area contributed by atoms with Gasteiger partial charge in [0.2, 0.25) is 4.99 Å². The maximum Gasteiger partial charge on any atom is 0.349 e. The van der Waals surface area contributed by atoms with Crippen molar-refractivity contribution in [1.82, 2.24) is 10.6 Å². The monoisotopic (exact) mass is 314 g/mol. The van der Waals surface area contributed by atoms with Gasteiger partial charge >= 0.3 is 5.97 Å². The van der Waals surface area contributed by atoms with Crippen molar-refractivity contribution < 1.29 is 9.90 Å². The van der Waals surface area contributed by atoms with Gasteiger partial charge < -0.3 is 5.11 Å². The number of benzene rings is 2. The van der Waals surface area contributed by atoms with Gasteiger partial charge in [-0.2, -0.15) is 0 Å². The van der Waals surface area contributed by atoms with E-state index in [-0.39, 0.29) is 12.1 Å². The summed E-state index contributed by atoms with van der Waals surface area (Å²) in [6.45, 7) is 0. The van der Waals surface area contributed by atoms with Crippen LogP contribution in [0.15, 0.2) is 60.7 Å². The smallest absolute Gasteiger partial charge is 0.349 e. The van der Waals surface area contributed by atoms with E-state index in [0.29, 0.717) is 0 Å². The van der Waals surface area contributed by atoms with E-state index >= 15 is 0 Å². The lowest BCUT2D eigenvalue weighted by molar-refractivity contribution is -0.141. The summed E-state index contributed by atoms with van der Waals surface area (Å²) < 4.78 is 0. The molecule has 0 saturated carbocycles. The number of hydrogen-bond donors (Lipinski definition) is 3. The van der Waals surface area contributed by atoms with Gasteiger partial charge in [-0.05, 0) is 17.4 Å². The predicted molar refractivity (Wildman–Crippen MR) is 88.5 cm³/mol. The molecule has 0 spiro atoms. The van der Waals surface area contributed by atoms with Crippen LogP contribution in [0.3, 0.4) is 0 Å². The molecule has 1 aliphatic heterocycles. The number of aliphatic carboxylic acids is 1. The average molecular weight is 314 g/mol. The number of thioether (sulfide) groups is 1. The first kappa shape index (κ1) is 15.1. The summed E-state index contributed by atoms with van der Waals surface area (Å²) >= 11 is 1.26. The van der Waals surface area contributed by atoms with Gasteiger partial charge in [0.1, 0.15) is 0 Å². The molecule has 1 heterocycles. The Labute approximate surface area is 133 Å². The molecule has 4 nitrogen and oxygen atoms in total. The van der Waals surface area contributed by atoms with Gasteiger partial charge in [0, 0.05) is 0 Å². The molecule has 1 aliphatic rings. The molecule has 0 radical (unpaired) electrons. The summed E-state index contributed by atoms with van der Waals surface area (Å²) in [5.41, 5.74) is 2.14. The summed E-state index contributed by atoms with van der Waals surface area (Å²) in [5, 5.41) is 16.2. The molecule has 2 atom stereocenters. The van der Waals surface area contributed by atoms with Crippen LogP contribution >= 0.6 is 11.8 Å². The first-order valence-corrected chi connectivity index (χ1v) is 8.32. The quantitative estimate of drug-likeness (QED) is 0.810. The van der Waals surface area contributed by atoms with E-state index in [0.717, 1.165) is 11.1 Å². The Morgan fingerprint density at radius 1 is 0.955 bits per heavy atom. The molecule has 2 aromatic carbocycles. The van der Waals surface area contributed by atoms with E-state index in [1.165, 1.54) is 11.8 Å². The van der Waals surface area contributed by atoms with Crippen LogP contribution in [0.5, 0.6) is 0 Å². The van der Waals surface area contributed by atoms with Crippen LogP contribution in [-0.2, 0) is 4.79 Å². The topological polar surface area (TPSA) is 61.4 Å². The summed E-state index contributed by atoms with van der Waals surface area (Å²) in [6, 6.07) is 19.7. The van der Waals surface area contributed by atoms with Crippen LogP contribution in [0.4, 0.5) is 0 Å². The molecule has 5 heteroatoms. The summed E-state index contributed by atoms with van der Waals surface area (Å²) in [4.78, 5) is 10.6. The number of carboxylic acids is 1. The van der Waals surface area contributed by atoms with Crippen LogP contribution < -0.4 is 10.6 Å². The molecule has 2 unspecified atom stereocenters. The molecule has 1 saturated heterocycles. The molecular weight excluding hydrogens is 296 g/mol. The van der Waals surface area contributed by atoms with Crippen molar-refractivity contribution in [1.29, 1.82) is 0 Å². The molecule has 0 aromatic heterocycles. The van der Waals surface area contributed by atoms with Gasteiger partial charge in [-0.15, -0.1) is 11.8 Å². The molecule has 0 amide bonds. The molecule has 1 fully saturated rings. The Bertz CT molecular complexity index is 601. The zero-order chi connectivity index (χ0) is 15.6. The van der Waals surface area contributed by atoms with Gasteiger partial charge in [0.15, 0.2) is 0 Å². The van der Waals surface area contributed by atoms with Crippen LogP contribution in [0.2, 0.25) is 0 Å². The highest BCUT2D eigenvalue weighted by Crippen LogP contribution is 2.40. The Kier molecular flexibility index (Phi) is 4.20. The number of carbonyl (C=O) groups is 1. The molecule has 0 aliphatic carbocycles. The number of hydrogen-bond acceptors (Lipinski definition) is 4. The normalized spacial score (nSPS) is 27.7. The zero-order valence-electron chi connectivity index (χ0n) is 12.2. The van der Waals surface area contributed by atoms with Crippen LogP contribution in [0.1, 0.15) is 23.2 Å². The number of carboxylic acid groups (broad SMARTS) is 1. The van der Waals surface area contributed by atoms with Crippen molar-refractivity contribution in [2.45, 2.75) is 17.1 Å². The van der Waals surface area contributed by atoms with Crippen molar-refractivity contribution in [3.8, 4) is 0 Å². The van der Waals surface area contributed by atoms with E-state index in [4.69, 9.17) is 0 Å². The van der Waals surface area contributed by atoms with E-state index in [1.807, 2.05) is 60.7 Å². The molecule has 3 N–H and O–H groups in total. The van der Waals surface area contributed by atoms with Gasteiger partial charge in [0.05, 0.1) is 12.1 Å². The predicted octanol–water partition coefficient (Wildman–Crippen LogP) is 2.76. The minimum atomic E-state index is -1.18. The van der Waals surface area contributed by atoms with Crippen molar-refractivity contribution >= 4 is 17.7 Å². The lowest BCUT2D eigenvalue weighted by atomic mass is 9.95. The highest BCUT2D eigenvalue weighted by Gasteiger charge is 2.50. The summed E-state index contributed by atoms with van der Waals surface area (Å²) in [7, 11) is 0. The minimum Gasteiger partial charge on any atom is -0.478 e. The van der Waals surface area contributed by atoms with Crippen molar-refractivity contribution in [3.63, 3.8) is 0 Å². The fourth-order valence-corrected chi connectivity index (χ4v) is 3.51. The second-order valence-corrected chi connectivity index (χ2v) is 6.28. The van der Waals surface area contributed by atoms with Gasteiger partial charge in [-0.3, -0.25) is 10.6 Å². The second kappa shape index (κ2) is 6.12. The van der Waals surface area contributed by atoms with Crippen LogP contribution in [0.25, 0.3) is 0 Å². The highest BCUT2D eigenvalue weighted by atomic mass is 32.2. The summed E-state index contributed by atoms with van der Waals surface area (Å²) in [6.07, 6.45) is 1.80. The molecule has 22 heavy (non-hydrogen) atoms. The van der Waals surface area contributed by atoms with E-state index in [9.17, 15) is 9.90 Å². The first-order valence-electron chi connectivity index (χ1n) is 7.10. The van der Waals surface area contributed by atoms with Crippen molar-refractivity contribution in [2.24, 2.45) is 0 Å². The van der Waals surface area contributed by atoms with Crippen molar-refractivity contribution in [3.05, 3.63) is 71.8 Å². The third kappa shape index (κ3) is 2.63. The zero-order valence-corrected chi connectivity index (χ0v) is 13.0. The first-order chi connectivity index (χ1) is 10.7. The Balaban J connectivity index is 2.03. The van der Waals surface area contributed by atoms with E-state index < -0.39 is 11.0 Å². The molecule has 3 rings (SSSR count). The number of nitrogens with one attached hydrogen (secondary N) is 2. The SMILES string of the molecule is CSC1(C(=O)O)NC(c2ccccc2)C(c2ccccc2)N1. The highest BCUT2D eigenvalue weighted by molar-refractivity contribution is 8.00. The maximum atomic E-state index is 11.8. The third-order valence-electron chi connectivity index (χ3n) is 3.98. The van der Waals surface area contributed by atoms with Gasteiger partial charge in [0.25, 0.3) is 0 Å². The van der Waals surface area contributed by atoms with Crippen LogP contribution in [0, 0.1) is 0 Å². The van der Waals surface area contributed by atoms with E-state index in [2.05, 4.69) is 10.6 Å². The second-order valence-electron chi connectivity index (χ2n) is 5.26. The van der Waals surface area contributed by atoms with Crippen LogP contribution in [-0.4, -0.2) is 22.3 Å². The third-order valence-corrected chi connectivity index (χ3v) is 5.00. The lowest BCUT2D eigenvalue weighted by Gasteiger charge is -2.23. The number of rotatable bonds is 4. The molecule has 2 aromatic rings. The Morgan fingerprint density at radius 2 is 1.36 bits per heavy atom. The summed E-state index contributed by atoms with van der Waals surface area (Å²) in [5.74, 6) is -0.903. The Morgan fingerprint density at radius 3 is 1.68 bits per heavy atom. The largest absolute Gasteiger partial charge is 0.478 e. The minimum absolute atomic E-state index is 0.104. The molecular formula is C17H18N2O2S.